The summed E-state index contributed by atoms with van der Waals surface area (Å²) in [5.41, 5.74) is 3.10. The lowest BCUT2D eigenvalue weighted by Gasteiger charge is -2.20. The fourth-order valence-electron chi connectivity index (χ4n) is 1.85. The summed E-state index contributed by atoms with van der Waals surface area (Å²) in [5.74, 6) is -0.951. The van der Waals surface area contributed by atoms with Crippen LogP contribution < -0.4 is 0 Å². The zero-order valence-electron chi connectivity index (χ0n) is 11.5. The van der Waals surface area contributed by atoms with Gasteiger partial charge < -0.3 is 9.52 Å². The molecule has 0 aliphatic rings. The van der Waals surface area contributed by atoms with Gasteiger partial charge >= 0.3 is 11.9 Å². The van der Waals surface area contributed by atoms with Gasteiger partial charge in [-0.15, -0.1) is 0 Å². The zero-order valence-corrected chi connectivity index (χ0v) is 11.5. The van der Waals surface area contributed by atoms with Crippen LogP contribution >= 0.6 is 0 Å². The van der Waals surface area contributed by atoms with E-state index in [9.17, 15) is 4.79 Å². The molecule has 0 aliphatic heterocycles. The highest BCUT2D eigenvalue weighted by Gasteiger charge is 2.18. The van der Waals surface area contributed by atoms with Crippen molar-refractivity contribution in [1.29, 1.82) is 0 Å². The van der Waals surface area contributed by atoms with E-state index in [-0.39, 0.29) is 11.3 Å². The monoisotopic (exact) mass is 259 g/mol. The summed E-state index contributed by atoms with van der Waals surface area (Å²) < 4.78 is 5.27. The van der Waals surface area contributed by atoms with E-state index in [4.69, 9.17) is 9.52 Å². The van der Waals surface area contributed by atoms with Gasteiger partial charge in [0, 0.05) is 5.56 Å². The molecular formula is C15H17NO3. The van der Waals surface area contributed by atoms with Gasteiger partial charge in [0.2, 0.25) is 0 Å². The molecule has 1 N–H and O–H groups in total. The van der Waals surface area contributed by atoms with Crippen molar-refractivity contribution >= 4 is 5.97 Å². The van der Waals surface area contributed by atoms with Crippen LogP contribution in [0.2, 0.25) is 0 Å². The van der Waals surface area contributed by atoms with Gasteiger partial charge in [-0.3, -0.25) is 0 Å². The summed E-state index contributed by atoms with van der Waals surface area (Å²) in [7, 11) is 0. The third kappa shape index (κ3) is 2.67. The van der Waals surface area contributed by atoms with E-state index in [1.165, 1.54) is 11.8 Å². The lowest BCUT2D eigenvalue weighted by molar-refractivity contribution is 0.0654. The van der Waals surface area contributed by atoms with E-state index in [0.29, 0.717) is 5.76 Å². The maximum atomic E-state index is 10.8. The van der Waals surface area contributed by atoms with Crippen LogP contribution in [0.25, 0.3) is 11.3 Å². The van der Waals surface area contributed by atoms with Gasteiger partial charge in [0.15, 0.2) is 5.76 Å². The Hall–Kier alpha value is -2.10. The van der Waals surface area contributed by atoms with Gasteiger partial charge in [0.05, 0.1) is 6.20 Å². The maximum absolute atomic E-state index is 10.8. The Morgan fingerprint density at radius 2 is 2.00 bits per heavy atom. The van der Waals surface area contributed by atoms with Crippen molar-refractivity contribution in [1.82, 2.24) is 4.98 Å². The summed E-state index contributed by atoms with van der Waals surface area (Å²) in [6.45, 7) is 8.35. The molecule has 100 valence electrons. The maximum Gasteiger partial charge on any atom is 0.392 e. The molecule has 0 bridgehead atoms. The molecule has 0 fully saturated rings. The molecule has 4 nitrogen and oxygen atoms in total. The lowest BCUT2D eigenvalue weighted by Crippen LogP contribution is -2.11. The Bertz CT molecular complexity index is 621. The van der Waals surface area contributed by atoms with Gasteiger partial charge in [0.25, 0.3) is 0 Å². The molecule has 0 unspecified atom stereocenters. The van der Waals surface area contributed by atoms with Crippen LogP contribution in [-0.4, -0.2) is 16.1 Å². The smallest absolute Gasteiger partial charge is 0.392 e. The van der Waals surface area contributed by atoms with E-state index in [1.807, 2.05) is 19.1 Å². The van der Waals surface area contributed by atoms with Gasteiger partial charge in [-0.05, 0) is 29.5 Å². The van der Waals surface area contributed by atoms with Gasteiger partial charge in [-0.25, -0.2) is 9.78 Å². The van der Waals surface area contributed by atoms with Crippen molar-refractivity contribution in [2.75, 3.05) is 0 Å². The van der Waals surface area contributed by atoms with Crippen LogP contribution in [-0.2, 0) is 5.41 Å². The van der Waals surface area contributed by atoms with E-state index >= 15 is 0 Å². The Kier molecular flexibility index (Phi) is 3.18. The van der Waals surface area contributed by atoms with Gasteiger partial charge in [0.1, 0.15) is 0 Å². The molecule has 19 heavy (non-hydrogen) atoms. The molecule has 0 saturated carbocycles. The van der Waals surface area contributed by atoms with Crippen molar-refractivity contribution in [2.24, 2.45) is 0 Å². The van der Waals surface area contributed by atoms with Crippen molar-refractivity contribution in [3.05, 3.63) is 41.4 Å². The number of carboxylic acids is 1. The molecule has 0 aliphatic carbocycles. The van der Waals surface area contributed by atoms with Crippen LogP contribution in [0.3, 0.4) is 0 Å². The zero-order chi connectivity index (χ0) is 14.2. The van der Waals surface area contributed by atoms with E-state index < -0.39 is 5.97 Å². The predicted octanol–water partition coefficient (Wildman–Crippen LogP) is 3.65. The number of aromatic carboxylic acids is 1. The summed E-state index contributed by atoms with van der Waals surface area (Å²) in [6.07, 6.45) is 1.46. The first-order valence-electron chi connectivity index (χ1n) is 6.09. The average Bonchev–Trinajstić information content (AvgIpc) is 2.77. The third-order valence-electron chi connectivity index (χ3n) is 3.06. The highest BCUT2D eigenvalue weighted by atomic mass is 16.4. The summed E-state index contributed by atoms with van der Waals surface area (Å²) in [5, 5.41) is 8.84. The number of rotatable bonds is 2. The molecule has 0 radical (unpaired) electrons. The first kappa shape index (κ1) is 13.3. The second-order valence-electron chi connectivity index (χ2n) is 5.61. The first-order chi connectivity index (χ1) is 8.79. The average molecular weight is 259 g/mol. The topological polar surface area (TPSA) is 63.3 Å². The van der Waals surface area contributed by atoms with Gasteiger partial charge in [-0.2, -0.15) is 0 Å². The molecule has 2 aromatic rings. The van der Waals surface area contributed by atoms with Crippen molar-refractivity contribution in [3.63, 3.8) is 0 Å². The number of hydrogen-bond donors (Lipinski definition) is 1. The van der Waals surface area contributed by atoms with E-state index in [1.54, 1.807) is 0 Å². The number of aromatic nitrogens is 1. The molecule has 1 aromatic heterocycles. The number of hydrogen-bond acceptors (Lipinski definition) is 3. The molecule has 1 aromatic carbocycles. The van der Waals surface area contributed by atoms with Crippen LogP contribution in [0.15, 0.2) is 28.8 Å². The Morgan fingerprint density at radius 3 is 2.53 bits per heavy atom. The summed E-state index contributed by atoms with van der Waals surface area (Å²) >= 11 is 0. The van der Waals surface area contributed by atoms with Crippen molar-refractivity contribution in [2.45, 2.75) is 33.1 Å². The van der Waals surface area contributed by atoms with Crippen molar-refractivity contribution < 1.29 is 14.3 Å². The summed E-state index contributed by atoms with van der Waals surface area (Å²) in [6, 6.07) is 6.12. The standard InChI is InChI=1S/C15H17NO3/c1-9-5-6-10(15(2,3)4)7-11(9)12-8-16-13(19-12)14(17)18/h5-8H,1-4H3,(H,17,18). The van der Waals surface area contributed by atoms with Gasteiger partial charge in [-0.1, -0.05) is 32.9 Å². The van der Waals surface area contributed by atoms with Crippen LogP contribution in [0, 0.1) is 6.92 Å². The van der Waals surface area contributed by atoms with Crippen LogP contribution in [0.4, 0.5) is 0 Å². The highest BCUT2D eigenvalue weighted by molar-refractivity contribution is 5.82. The quantitative estimate of drug-likeness (QED) is 0.894. The molecular weight excluding hydrogens is 242 g/mol. The Labute approximate surface area is 112 Å². The SMILES string of the molecule is Cc1ccc(C(C)(C)C)cc1-c1cnc(C(=O)O)o1. The number of aryl methyl sites for hydroxylation is 1. The fraction of sp³-hybridized carbons (Fsp3) is 0.333. The number of carbonyl (C=O) groups is 1. The molecule has 0 saturated heterocycles. The number of benzene rings is 1. The minimum atomic E-state index is -1.16. The number of nitrogens with zero attached hydrogens (tertiary/aromatic N) is 1. The third-order valence-corrected chi connectivity index (χ3v) is 3.06. The Morgan fingerprint density at radius 1 is 1.32 bits per heavy atom. The highest BCUT2D eigenvalue weighted by Crippen LogP contribution is 2.30. The second-order valence-corrected chi connectivity index (χ2v) is 5.61. The molecule has 2 rings (SSSR count). The fourth-order valence-corrected chi connectivity index (χ4v) is 1.85. The molecule has 0 spiro atoms. The van der Waals surface area contributed by atoms with E-state index in [0.717, 1.165) is 11.1 Å². The normalized spacial score (nSPS) is 11.6. The Balaban J connectivity index is 2.51. The number of carboxylic acid groups (broad SMARTS) is 1. The van der Waals surface area contributed by atoms with Crippen LogP contribution in [0.1, 0.15) is 42.6 Å². The molecule has 4 heteroatoms. The first-order valence-corrected chi connectivity index (χ1v) is 6.09. The lowest BCUT2D eigenvalue weighted by atomic mass is 9.85. The molecule has 0 amide bonds. The minimum absolute atomic E-state index is 0.0259. The number of oxazole rings is 1. The van der Waals surface area contributed by atoms with E-state index in [2.05, 4.69) is 31.8 Å². The second kappa shape index (κ2) is 4.53. The minimum Gasteiger partial charge on any atom is -0.474 e. The predicted molar refractivity (Wildman–Crippen MR) is 72.3 cm³/mol. The molecule has 1 heterocycles. The summed E-state index contributed by atoms with van der Waals surface area (Å²) in [4.78, 5) is 14.6. The molecule has 0 atom stereocenters. The van der Waals surface area contributed by atoms with Crippen LogP contribution in [0.5, 0.6) is 0 Å². The largest absolute Gasteiger partial charge is 0.474 e. The van der Waals surface area contributed by atoms with Crippen molar-refractivity contribution in [3.8, 4) is 11.3 Å².